The van der Waals surface area contributed by atoms with Gasteiger partial charge in [-0.3, -0.25) is 9.59 Å². The number of carbonyl (C=O) groups excluding carboxylic acids is 2. The van der Waals surface area contributed by atoms with Crippen molar-refractivity contribution < 1.29 is 28.9 Å². The summed E-state index contributed by atoms with van der Waals surface area (Å²) < 4.78 is 0. The molecule has 0 rings (SSSR count). The van der Waals surface area contributed by atoms with Crippen molar-refractivity contribution in [1.82, 2.24) is 10.5 Å². The molecule has 0 aromatic rings. The van der Waals surface area contributed by atoms with Crippen LogP contribution in [0.2, 0.25) is 0 Å². The molecular formula is C9H18N2O6. The first kappa shape index (κ1) is 15.8. The minimum atomic E-state index is -0.629. The Morgan fingerprint density at radius 2 is 1.35 bits per heavy atom. The Morgan fingerprint density at radius 3 is 1.71 bits per heavy atom. The Kier molecular flexibility index (Phi) is 7.39. The quantitative estimate of drug-likeness (QED) is 0.588. The van der Waals surface area contributed by atoms with Gasteiger partial charge in [-0.2, -0.15) is 0 Å². The molecule has 0 fully saturated rings. The number of rotatable bonds is 7. The molecule has 0 heterocycles. The van der Waals surface area contributed by atoms with E-state index in [1.807, 2.05) is 0 Å². The monoisotopic (exact) mass is 250 g/mol. The van der Waals surface area contributed by atoms with Gasteiger partial charge >= 0.3 is 0 Å². The second kappa shape index (κ2) is 7.96. The molecule has 0 saturated heterocycles. The van der Waals surface area contributed by atoms with Crippen molar-refractivity contribution in [3.8, 4) is 0 Å². The van der Waals surface area contributed by atoms with E-state index in [1.54, 1.807) is 6.92 Å². The van der Waals surface area contributed by atoms with Crippen LogP contribution in [0.5, 0.6) is 0 Å². The summed E-state index contributed by atoms with van der Waals surface area (Å²) in [6.07, 6.45) is -0.0935. The summed E-state index contributed by atoms with van der Waals surface area (Å²) in [7, 11) is 5.13. The molecule has 8 heteroatoms. The van der Waals surface area contributed by atoms with Gasteiger partial charge in [-0.15, -0.1) is 0 Å². The predicted octanol–water partition coefficient (Wildman–Crippen LogP) is -0.0846. The maximum Gasteiger partial charge on any atom is 0.276 e. The first-order chi connectivity index (χ1) is 8.01. The Bertz CT molecular complexity index is 252. The van der Waals surface area contributed by atoms with Crippen LogP contribution in [0.1, 0.15) is 13.3 Å². The summed E-state index contributed by atoms with van der Waals surface area (Å²) in [5, 5.41) is 1.38. The Balaban J connectivity index is 4.38. The molecule has 0 radical (unpaired) electrons. The molecule has 2 amide bonds. The van der Waals surface area contributed by atoms with Crippen LogP contribution >= 0.6 is 0 Å². The normalized spacial score (nSPS) is 12.1. The highest BCUT2D eigenvalue weighted by molar-refractivity contribution is 5.83. The number of amides is 2. The standard InChI is InChI=1S/C9H18N2O6/c1-7(9(13)11(16-4)17-5)6-8(12)10(14-2)15-3/h7H,6H2,1-5H3. The molecule has 0 spiro atoms. The summed E-state index contributed by atoms with van der Waals surface area (Å²) >= 11 is 0. The summed E-state index contributed by atoms with van der Waals surface area (Å²) in [5.41, 5.74) is 0. The molecule has 0 bridgehead atoms. The second-order valence-electron chi connectivity index (χ2n) is 3.08. The van der Waals surface area contributed by atoms with Crippen LogP contribution < -0.4 is 0 Å². The fourth-order valence-electron chi connectivity index (χ4n) is 1.14. The summed E-state index contributed by atoms with van der Waals surface area (Å²) in [6, 6.07) is 0. The van der Waals surface area contributed by atoms with Gasteiger partial charge < -0.3 is 0 Å². The Morgan fingerprint density at radius 1 is 0.941 bits per heavy atom. The Labute approximate surface area is 99.8 Å². The van der Waals surface area contributed by atoms with Gasteiger partial charge in [0, 0.05) is 12.3 Å². The van der Waals surface area contributed by atoms with Crippen LogP contribution in [0.3, 0.4) is 0 Å². The molecule has 0 saturated carbocycles. The third kappa shape index (κ3) is 4.65. The van der Waals surface area contributed by atoms with E-state index in [0.29, 0.717) is 10.5 Å². The third-order valence-electron chi connectivity index (χ3n) is 1.95. The second-order valence-corrected chi connectivity index (χ2v) is 3.08. The lowest BCUT2D eigenvalue weighted by Crippen LogP contribution is -2.37. The molecule has 0 aromatic carbocycles. The van der Waals surface area contributed by atoms with Gasteiger partial charge in [0.15, 0.2) is 0 Å². The predicted molar refractivity (Wildman–Crippen MR) is 55.5 cm³/mol. The smallest absolute Gasteiger partial charge is 0.270 e. The zero-order chi connectivity index (χ0) is 13.4. The lowest BCUT2D eigenvalue weighted by molar-refractivity contribution is -0.323. The lowest BCUT2D eigenvalue weighted by Gasteiger charge is -2.21. The highest BCUT2D eigenvalue weighted by Gasteiger charge is 2.26. The average Bonchev–Trinajstić information content (AvgIpc) is 2.31. The minimum Gasteiger partial charge on any atom is -0.270 e. The number of hydrogen-bond donors (Lipinski definition) is 0. The first-order valence-electron chi connectivity index (χ1n) is 4.85. The summed E-state index contributed by atoms with van der Waals surface area (Å²) in [4.78, 5) is 41.8. The average molecular weight is 250 g/mol. The molecule has 1 unspecified atom stereocenters. The van der Waals surface area contributed by atoms with Crippen LogP contribution in [0.25, 0.3) is 0 Å². The molecule has 1 atom stereocenters. The maximum absolute atomic E-state index is 11.7. The van der Waals surface area contributed by atoms with Crippen LogP contribution in [0, 0.1) is 5.92 Å². The van der Waals surface area contributed by atoms with Gasteiger partial charge in [-0.25, -0.2) is 19.4 Å². The number of hydrogen-bond acceptors (Lipinski definition) is 6. The largest absolute Gasteiger partial charge is 0.276 e. The van der Waals surface area contributed by atoms with Gasteiger partial charge in [-0.1, -0.05) is 17.4 Å². The van der Waals surface area contributed by atoms with E-state index in [-0.39, 0.29) is 6.42 Å². The molecule has 17 heavy (non-hydrogen) atoms. The topological polar surface area (TPSA) is 77.5 Å². The number of carbonyl (C=O) groups is 2. The van der Waals surface area contributed by atoms with E-state index in [1.165, 1.54) is 28.4 Å². The zero-order valence-electron chi connectivity index (χ0n) is 10.6. The van der Waals surface area contributed by atoms with E-state index in [0.717, 1.165) is 0 Å². The van der Waals surface area contributed by atoms with Crippen molar-refractivity contribution in [2.45, 2.75) is 13.3 Å². The zero-order valence-corrected chi connectivity index (χ0v) is 10.6. The SMILES string of the molecule is CON(OC)C(=O)CC(C)C(=O)N(OC)OC. The van der Waals surface area contributed by atoms with Crippen LogP contribution in [-0.2, 0) is 28.9 Å². The molecule has 0 aromatic heterocycles. The van der Waals surface area contributed by atoms with E-state index >= 15 is 0 Å². The van der Waals surface area contributed by atoms with E-state index in [2.05, 4.69) is 19.4 Å². The molecule has 8 nitrogen and oxygen atoms in total. The van der Waals surface area contributed by atoms with Crippen LogP contribution in [0.15, 0.2) is 0 Å². The van der Waals surface area contributed by atoms with Crippen molar-refractivity contribution in [1.29, 1.82) is 0 Å². The van der Waals surface area contributed by atoms with Crippen LogP contribution in [-0.4, -0.2) is 50.7 Å². The van der Waals surface area contributed by atoms with Crippen molar-refractivity contribution in [2.24, 2.45) is 5.92 Å². The minimum absolute atomic E-state index is 0.0935. The van der Waals surface area contributed by atoms with Crippen molar-refractivity contribution in [3.05, 3.63) is 0 Å². The molecular weight excluding hydrogens is 232 g/mol. The summed E-state index contributed by atoms with van der Waals surface area (Å²) in [6.45, 7) is 1.56. The first-order valence-corrected chi connectivity index (χ1v) is 4.85. The number of nitrogens with zero attached hydrogens (tertiary/aromatic N) is 2. The maximum atomic E-state index is 11.7. The third-order valence-corrected chi connectivity index (χ3v) is 1.95. The van der Waals surface area contributed by atoms with Gasteiger partial charge in [0.05, 0.1) is 28.4 Å². The highest BCUT2D eigenvalue weighted by atomic mass is 17.0. The molecule has 0 aliphatic carbocycles. The van der Waals surface area contributed by atoms with Gasteiger partial charge in [-0.05, 0) is 0 Å². The van der Waals surface area contributed by atoms with Gasteiger partial charge in [0.1, 0.15) is 0 Å². The van der Waals surface area contributed by atoms with Gasteiger partial charge in [0.25, 0.3) is 11.8 Å². The lowest BCUT2D eigenvalue weighted by atomic mass is 10.1. The summed E-state index contributed by atoms with van der Waals surface area (Å²) in [5.74, 6) is -1.59. The fraction of sp³-hybridized carbons (Fsp3) is 0.778. The molecule has 100 valence electrons. The van der Waals surface area contributed by atoms with Crippen molar-refractivity contribution >= 4 is 11.8 Å². The number of hydroxylamine groups is 4. The van der Waals surface area contributed by atoms with Crippen LogP contribution in [0.4, 0.5) is 0 Å². The Hall–Kier alpha value is -1.22. The molecule has 0 aliphatic rings. The van der Waals surface area contributed by atoms with E-state index < -0.39 is 17.7 Å². The van der Waals surface area contributed by atoms with Gasteiger partial charge in [0.2, 0.25) is 0 Å². The highest BCUT2D eigenvalue weighted by Crippen LogP contribution is 2.10. The van der Waals surface area contributed by atoms with Crippen molar-refractivity contribution in [3.63, 3.8) is 0 Å². The van der Waals surface area contributed by atoms with E-state index in [4.69, 9.17) is 0 Å². The fourth-order valence-corrected chi connectivity index (χ4v) is 1.14. The van der Waals surface area contributed by atoms with E-state index in [9.17, 15) is 9.59 Å². The van der Waals surface area contributed by atoms with Crippen molar-refractivity contribution in [2.75, 3.05) is 28.4 Å². The molecule has 0 N–H and O–H groups in total. The molecule has 0 aliphatic heterocycles.